The summed E-state index contributed by atoms with van der Waals surface area (Å²) in [5.74, 6) is 0. The van der Waals surface area contributed by atoms with Crippen molar-refractivity contribution in [1.29, 1.82) is 5.26 Å². The highest BCUT2D eigenvalue weighted by Gasteiger charge is 2.36. The van der Waals surface area contributed by atoms with Gasteiger partial charge in [0, 0.05) is 0 Å². The molecule has 0 amide bonds. The van der Waals surface area contributed by atoms with Gasteiger partial charge < -0.3 is 0 Å². The summed E-state index contributed by atoms with van der Waals surface area (Å²) < 4.78 is 75.1. The monoisotopic (exact) mass is 295 g/mol. The van der Waals surface area contributed by atoms with E-state index in [1.165, 1.54) is 6.92 Å². The number of hydrazone groups is 1. The van der Waals surface area contributed by atoms with Crippen LogP contribution in [-0.2, 0) is 12.4 Å². The van der Waals surface area contributed by atoms with Crippen LogP contribution in [0.4, 0.5) is 32.0 Å². The van der Waals surface area contributed by atoms with Gasteiger partial charge in [-0.3, -0.25) is 5.43 Å². The van der Waals surface area contributed by atoms with Gasteiger partial charge in [0.15, 0.2) is 0 Å². The lowest BCUT2D eigenvalue weighted by molar-refractivity contribution is -0.143. The molecule has 1 aromatic rings. The topological polar surface area (TPSA) is 48.2 Å². The molecular weight excluding hydrogens is 288 g/mol. The molecule has 0 aliphatic rings. The number of nitrogens with zero attached hydrogens (tertiary/aromatic N) is 2. The van der Waals surface area contributed by atoms with E-state index in [-0.39, 0.29) is 11.8 Å². The molecule has 0 spiro atoms. The summed E-state index contributed by atoms with van der Waals surface area (Å²) in [4.78, 5) is 0. The second kappa shape index (κ2) is 5.40. The van der Waals surface area contributed by atoms with Crippen molar-refractivity contribution in [2.45, 2.75) is 19.3 Å². The first-order chi connectivity index (χ1) is 9.04. The van der Waals surface area contributed by atoms with Gasteiger partial charge in [0.1, 0.15) is 11.8 Å². The zero-order valence-electron chi connectivity index (χ0n) is 9.89. The van der Waals surface area contributed by atoms with Gasteiger partial charge in [-0.25, -0.2) is 0 Å². The van der Waals surface area contributed by atoms with Crippen LogP contribution in [0, 0.1) is 11.3 Å². The number of hydrogen-bond acceptors (Lipinski definition) is 3. The number of alkyl halides is 6. The van der Waals surface area contributed by atoms with Crippen molar-refractivity contribution in [1.82, 2.24) is 0 Å². The van der Waals surface area contributed by atoms with E-state index in [0.29, 0.717) is 12.1 Å². The molecule has 0 aliphatic heterocycles. The van der Waals surface area contributed by atoms with Crippen LogP contribution in [0.15, 0.2) is 23.3 Å². The van der Waals surface area contributed by atoms with E-state index in [1.54, 1.807) is 6.07 Å². The van der Waals surface area contributed by atoms with Crippen LogP contribution in [-0.4, -0.2) is 5.71 Å². The first-order valence-electron chi connectivity index (χ1n) is 5.04. The van der Waals surface area contributed by atoms with E-state index in [2.05, 4.69) is 5.10 Å². The molecule has 0 unspecified atom stereocenters. The normalized spacial score (nSPS) is 13.0. The number of rotatable bonds is 2. The first-order valence-corrected chi connectivity index (χ1v) is 5.04. The number of anilines is 1. The summed E-state index contributed by atoms with van der Waals surface area (Å²) in [5.41, 5.74) is -1.59. The van der Waals surface area contributed by atoms with Crippen LogP contribution in [0.2, 0.25) is 0 Å². The summed E-state index contributed by atoms with van der Waals surface area (Å²) >= 11 is 0. The molecule has 0 bridgehead atoms. The summed E-state index contributed by atoms with van der Waals surface area (Å²) in [7, 11) is 0. The highest BCUT2D eigenvalue weighted by molar-refractivity contribution is 5.96. The molecule has 0 aliphatic carbocycles. The summed E-state index contributed by atoms with van der Waals surface area (Å²) in [6.07, 6.45) is -9.85. The highest BCUT2D eigenvalue weighted by Crippen LogP contribution is 2.37. The Morgan fingerprint density at radius 1 is 1.05 bits per heavy atom. The van der Waals surface area contributed by atoms with Crippen molar-refractivity contribution in [2.24, 2.45) is 5.10 Å². The van der Waals surface area contributed by atoms with E-state index < -0.39 is 29.2 Å². The predicted molar refractivity (Wildman–Crippen MR) is 58.8 cm³/mol. The predicted octanol–water partition coefficient (Wildman–Crippen LogP) is 4.04. The zero-order valence-corrected chi connectivity index (χ0v) is 9.89. The fourth-order valence-electron chi connectivity index (χ4n) is 1.19. The number of halogens is 6. The third kappa shape index (κ3) is 4.15. The molecule has 0 aromatic heterocycles. The van der Waals surface area contributed by atoms with Gasteiger partial charge in [0.2, 0.25) is 0 Å². The van der Waals surface area contributed by atoms with Gasteiger partial charge in [-0.15, -0.1) is 0 Å². The van der Waals surface area contributed by atoms with Crippen LogP contribution in [0.3, 0.4) is 0 Å². The fourth-order valence-corrected chi connectivity index (χ4v) is 1.19. The van der Waals surface area contributed by atoms with Crippen molar-refractivity contribution < 1.29 is 26.3 Å². The van der Waals surface area contributed by atoms with Gasteiger partial charge in [-0.1, -0.05) is 0 Å². The SMILES string of the molecule is CC(C#N)=NNc1cc(C(F)(F)F)cc(C(F)(F)F)c1. The van der Waals surface area contributed by atoms with Crippen molar-refractivity contribution in [2.75, 3.05) is 5.43 Å². The van der Waals surface area contributed by atoms with Crippen LogP contribution < -0.4 is 5.43 Å². The van der Waals surface area contributed by atoms with Gasteiger partial charge >= 0.3 is 12.4 Å². The van der Waals surface area contributed by atoms with Gasteiger partial charge in [0.05, 0.1) is 16.8 Å². The number of benzene rings is 1. The van der Waals surface area contributed by atoms with Crippen molar-refractivity contribution in [3.8, 4) is 6.07 Å². The molecule has 0 radical (unpaired) electrons. The Labute approximate surface area is 109 Å². The lowest BCUT2D eigenvalue weighted by Crippen LogP contribution is -2.11. The quantitative estimate of drug-likeness (QED) is 0.508. The van der Waals surface area contributed by atoms with Gasteiger partial charge in [-0.2, -0.15) is 36.7 Å². The third-order valence-corrected chi connectivity index (χ3v) is 2.10. The summed E-state index contributed by atoms with van der Waals surface area (Å²) in [5, 5.41) is 11.7. The minimum atomic E-state index is -4.92. The maximum atomic E-state index is 12.5. The minimum absolute atomic E-state index is 0.00600. The highest BCUT2D eigenvalue weighted by atomic mass is 19.4. The molecule has 0 fully saturated rings. The van der Waals surface area contributed by atoms with Crippen molar-refractivity contribution in [3.05, 3.63) is 29.3 Å². The number of nitriles is 1. The molecule has 0 atom stereocenters. The van der Waals surface area contributed by atoms with Gasteiger partial charge in [-0.05, 0) is 25.1 Å². The van der Waals surface area contributed by atoms with Crippen LogP contribution in [0.1, 0.15) is 18.1 Å². The smallest absolute Gasteiger partial charge is 0.278 e. The van der Waals surface area contributed by atoms with Gasteiger partial charge in [0.25, 0.3) is 0 Å². The Balaban J connectivity index is 3.29. The van der Waals surface area contributed by atoms with E-state index >= 15 is 0 Å². The van der Waals surface area contributed by atoms with E-state index in [0.717, 1.165) is 0 Å². The standard InChI is InChI=1S/C11H7F6N3/c1-6(5-18)19-20-9-3-7(10(12,13)14)2-8(4-9)11(15,16)17/h2-4,20H,1H3. The molecule has 108 valence electrons. The molecule has 0 saturated carbocycles. The Hall–Kier alpha value is -2.24. The second-order valence-electron chi connectivity index (χ2n) is 3.72. The fraction of sp³-hybridized carbons (Fsp3) is 0.273. The Morgan fingerprint density at radius 3 is 1.85 bits per heavy atom. The van der Waals surface area contributed by atoms with Crippen molar-refractivity contribution >= 4 is 11.4 Å². The second-order valence-corrected chi connectivity index (χ2v) is 3.72. The molecule has 0 heterocycles. The Bertz CT molecular complexity index is 533. The number of hydrogen-bond donors (Lipinski definition) is 1. The maximum Gasteiger partial charge on any atom is 0.416 e. The van der Waals surface area contributed by atoms with Crippen LogP contribution in [0.5, 0.6) is 0 Å². The Morgan fingerprint density at radius 2 is 1.50 bits per heavy atom. The average Bonchev–Trinajstić information content (AvgIpc) is 2.33. The largest absolute Gasteiger partial charge is 0.416 e. The molecule has 1 aromatic carbocycles. The third-order valence-electron chi connectivity index (χ3n) is 2.10. The van der Waals surface area contributed by atoms with Crippen LogP contribution in [0.25, 0.3) is 0 Å². The summed E-state index contributed by atoms with van der Waals surface area (Å²) in [6.45, 7) is 1.24. The number of nitrogens with one attached hydrogen (secondary N) is 1. The van der Waals surface area contributed by atoms with E-state index in [1.807, 2.05) is 5.43 Å². The molecule has 0 saturated heterocycles. The lowest BCUT2D eigenvalue weighted by Gasteiger charge is -2.13. The molecule has 1 N–H and O–H groups in total. The Kier molecular flexibility index (Phi) is 4.27. The van der Waals surface area contributed by atoms with E-state index in [9.17, 15) is 26.3 Å². The van der Waals surface area contributed by atoms with E-state index in [4.69, 9.17) is 5.26 Å². The first kappa shape index (κ1) is 15.8. The molecule has 3 nitrogen and oxygen atoms in total. The molecular formula is C11H7F6N3. The summed E-state index contributed by atoms with van der Waals surface area (Å²) in [6, 6.07) is 2.53. The average molecular weight is 295 g/mol. The van der Waals surface area contributed by atoms with Crippen molar-refractivity contribution in [3.63, 3.8) is 0 Å². The lowest BCUT2D eigenvalue weighted by atomic mass is 10.1. The molecule has 9 heteroatoms. The maximum absolute atomic E-state index is 12.5. The minimum Gasteiger partial charge on any atom is -0.278 e. The van der Waals surface area contributed by atoms with Crippen LogP contribution >= 0.6 is 0 Å². The molecule has 20 heavy (non-hydrogen) atoms. The zero-order chi connectivity index (χ0) is 15.6. The molecule has 1 rings (SSSR count).